The Hall–Kier alpha value is -2.04. The normalized spacial score (nSPS) is 14.8. The molecule has 5 nitrogen and oxygen atoms in total. The summed E-state index contributed by atoms with van der Waals surface area (Å²) in [7, 11) is 0. The van der Waals surface area contributed by atoms with Gasteiger partial charge in [0.25, 0.3) is 5.56 Å². The van der Waals surface area contributed by atoms with Gasteiger partial charge in [0, 0.05) is 30.5 Å². The van der Waals surface area contributed by atoms with Crippen molar-refractivity contribution in [3.63, 3.8) is 0 Å². The van der Waals surface area contributed by atoms with Crippen LogP contribution in [0, 0.1) is 0 Å². The van der Waals surface area contributed by atoms with Crippen LogP contribution < -0.4 is 10.9 Å². The second kappa shape index (κ2) is 4.08. The van der Waals surface area contributed by atoms with Crippen molar-refractivity contribution >= 4 is 5.82 Å². The number of nitrogens with one attached hydrogen (secondary N) is 1. The molecule has 1 fully saturated rings. The highest BCUT2D eigenvalue weighted by Crippen LogP contribution is 2.33. The van der Waals surface area contributed by atoms with Crippen LogP contribution in [0.1, 0.15) is 24.4 Å². The lowest BCUT2D eigenvalue weighted by Crippen LogP contribution is -2.23. The highest BCUT2D eigenvalue weighted by atomic mass is 16.3. The summed E-state index contributed by atoms with van der Waals surface area (Å²) in [6.07, 6.45) is 8.85. The van der Waals surface area contributed by atoms with E-state index in [-0.39, 0.29) is 5.56 Å². The minimum absolute atomic E-state index is 0.0431. The van der Waals surface area contributed by atoms with E-state index in [1.165, 1.54) is 0 Å². The second-order valence-electron chi connectivity index (χ2n) is 4.20. The van der Waals surface area contributed by atoms with Crippen LogP contribution in [0.5, 0.6) is 0 Å². The van der Waals surface area contributed by atoms with E-state index in [0.717, 1.165) is 18.4 Å². The molecule has 1 aliphatic rings. The summed E-state index contributed by atoms with van der Waals surface area (Å²) in [5, 5.41) is 3.03. The highest BCUT2D eigenvalue weighted by molar-refractivity contribution is 5.32. The van der Waals surface area contributed by atoms with Crippen molar-refractivity contribution in [3.05, 3.63) is 46.9 Å². The maximum Gasteiger partial charge on any atom is 0.293 e. The van der Waals surface area contributed by atoms with Gasteiger partial charge in [0.15, 0.2) is 5.82 Å². The third kappa shape index (κ3) is 2.08. The lowest BCUT2D eigenvalue weighted by Gasteiger charge is -2.06. The summed E-state index contributed by atoms with van der Waals surface area (Å²) in [5.74, 6) is 0.403. The molecule has 2 heterocycles. The van der Waals surface area contributed by atoms with Gasteiger partial charge in [-0.25, -0.2) is 4.98 Å². The first-order chi connectivity index (χ1) is 8.34. The molecule has 0 radical (unpaired) electrons. The molecule has 0 amide bonds. The Morgan fingerprint density at radius 1 is 1.53 bits per heavy atom. The standard InChI is InChI=1S/C12H13N3O2/c16-12-11(14-7-9-3-6-17-8-9)13-4-5-15(12)10-1-2-10/h3-6,8,10H,1-2,7H2,(H,13,14). The predicted molar refractivity (Wildman–Crippen MR) is 62.8 cm³/mol. The van der Waals surface area contributed by atoms with Gasteiger partial charge < -0.3 is 14.3 Å². The molecule has 5 heteroatoms. The number of hydrogen-bond acceptors (Lipinski definition) is 4. The molecular formula is C12H13N3O2. The topological polar surface area (TPSA) is 60.1 Å². The molecule has 0 saturated heterocycles. The Labute approximate surface area is 98.1 Å². The van der Waals surface area contributed by atoms with Crippen molar-refractivity contribution in [2.75, 3.05) is 5.32 Å². The van der Waals surface area contributed by atoms with Crippen LogP contribution in [0.2, 0.25) is 0 Å². The number of rotatable bonds is 4. The quantitative estimate of drug-likeness (QED) is 0.871. The minimum atomic E-state index is -0.0431. The average molecular weight is 231 g/mol. The zero-order chi connectivity index (χ0) is 11.7. The van der Waals surface area contributed by atoms with Gasteiger partial charge >= 0.3 is 0 Å². The molecule has 0 atom stereocenters. The number of aromatic nitrogens is 2. The first-order valence-electron chi connectivity index (χ1n) is 5.66. The average Bonchev–Trinajstić information content (AvgIpc) is 3.04. The fraction of sp³-hybridized carbons (Fsp3) is 0.333. The summed E-state index contributed by atoms with van der Waals surface area (Å²) in [4.78, 5) is 16.1. The molecule has 17 heavy (non-hydrogen) atoms. The maximum absolute atomic E-state index is 12.0. The van der Waals surface area contributed by atoms with Crippen LogP contribution in [0.4, 0.5) is 5.82 Å². The lowest BCUT2D eigenvalue weighted by atomic mass is 10.3. The highest BCUT2D eigenvalue weighted by Gasteiger charge is 2.25. The van der Waals surface area contributed by atoms with Crippen molar-refractivity contribution in [2.45, 2.75) is 25.4 Å². The summed E-state index contributed by atoms with van der Waals surface area (Å²) in [6, 6.07) is 2.23. The van der Waals surface area contributed by atoms with Gasteiger partial charge in [0.05, 0.1) is 12.5 Å². The van der Waals surface area contributed by atoms with Gasteiger partial charge in [0.1, 0.15) is 0 Å². The van der Waals surface area contributed by atoms with E-state index in [1.54, 1.807) is 29.5 Å². The molecule has 0 unspecified atom stereocenters. The summed E-state index contributed by atoms with van der Waals surface area (Å²) in [5.41, 5.74) is 0.950. The molecule has 88 valence electrons. The summed E-state index contributed by atoms with van der Waals surface area (Å²) >= 11 is 0. The Kier molecular flexibility index (Phi) is 2.44. The molecule has 0 bridgehead atoms. The molecule has 2 aromatic heterocycles. The third-order valence-electron chi connectivity index (χ3n) is 2.85. The zero-order valence-electron chi connectivity index (χ0n) is 9.30. The largest absolute Gasteiger partial charge is 0.472 e. The smallest absolute Gasteiger partial charge is 0.293 e. The molecule has 0 aromatic carbocycles. The van der Waals surface area contributed by atoms with Gasteiger partial charge in [-0.15, -0.1) is 0 Å². The van der Waals surface area contributed by atoms with Crippen molar-refractivity contribution in [2.24, 2.45) is 0 Å². The molecule has 1 N–H and O–H groups in total. The molecule has 0 spiro atoms. The van der Waals surface area contributed by atoms with Crippen LogP contribution in [-0.2, 0) is 6.54 Å². The lowest BCUT2D eigenvalue weighted by molar-refractivity contribution is 0.564. The predicted octanol–water partition coefficient (Wildman–Crippen LogP) is 1.78. The Morgan fingerprint density at radius 3 is 3.12 bits per heavy atom. The second-order valence-corrected chi connectivity index (χ2v) is 4.20. The fourth-order valence-electron chi connectivity index (χ4n) is 1.77. The summed E-state index contributed by atoms with van der Waals surface area (Å²) < 4.78 is 6.72. The SMILES string of the molecule is O=c1c(NCc2ccoc2)nccn1C1CC1. The molecule has 2 aromatic rings. The number of furan rings is 1. The van der Waals surface area contributed by atoms with Crippen molar-refractivity contribution in [1.82, 2.24) is 9.55 Å². The van der Waals surface area contributed by atoms with E-state index < -0.39 is 0 Å². The van der Waals surface area contributed by atoms with E-state index >= 15 is 0 Å². The maximum atomic E-state index is 12.0. The molecule has 1 aliphatic carbocycles. The number of anilines is 1. The Bertz CT molecular complexity index is 555. The van der Waals surface area contributed by atoms with E-state index in [4.69, 9.17) is 4.42 Å². The number of hydrogen-bond donors (Lipinski definition) is 1. The van der Waals surface area contributed by atoms with Crippen molar-refractivity contribution in [1.29, 1.82) is 0 Å². The molecule has 0 aliphatic heterocycles. The van der Waals surface area contributed by atoms with E-state index in [9.17, 15) is 4.79 Å². The first-order valence-corrected chi connectivity index (χ1v) is 5.66. The van der Waals surface area contributed by atoms with Crippen LogP contribution in [0.3, 0.4) is 0 Å². The molecule has 1 saturated carbocycles. The zero-order valence-corrected chi connectivity index (χ0v) is 9.30. The van der Waals surface area contributed by atoms with Gasteiger partial charge in [-0.05, 0) is 18.9 Å². The van der Waals surface area contributed by atoms with Crippen LogP contribution >= 0.6 is 0 Å². The third-order valence-corrected chi connectivity index (χ3v) is 2.85. The fourth-order valence-corrected chi connectivity index (χ4v) is 1.77. The first kappa shape index (κ1) is 10.1. The van der Waals surface area contributed by atoms with E-state index in [2.05, 4.69) is 10.3 Å². The molecular weight excluding hydrogens is 218 g/mol. The monoisotopic (exact) mass is 231 g/mol. The Balaban J connectivity index is 1.78. The van der Waals surface area contributed by atoms with Crippen LogP contribution in [0.25, 0.3) is 0 Å². The Morgan fingerprint density at radius 2 is 2.41 bits per heavy atom. The van der Waals surface area contributed by atoms with Gasteiger partial charge in [0.2, 0.25) is 0 Å². The van der Waals surface area contributed by atoms with Gasteiger partial charge in [-0.2, -0.15) is 0 Å². The molecule has 3 rings (SSSR count). The van der Waals surface area contributed by atoms with E-state index in [1.807, 2.05) is 6.07 Å². The van der Waals surface area contributed by atoms with Gasteiger partial charge in [-0.1, -0.05) is 0 Å². The van der Waals surface area contributed by atoms with Crippen LogP contribution in [0.15, 0.2) is 40.2 Å². The van der Waals surface area contributed by atoms with Crippen molar-refractivity contribution in [3.8, 4) is 0 Å². The van der Waals surface area contributed by atoms with Crippen molar-refractivity contribution < 1.29 is 4.42 Å². The van der Waals surface area contributed by atoms with Gasteiger partial charge in [-0.3, -0.25) is 4.79 Å². The van der Waals surface area contributed by atoms with E-state index in [0.29, 0.717) is 18.4 Å². The number of nitrogens with zero attached hydrogens (tertiary/aromatic N) is 2. The van der Waals surface area contributed by atoms with Crippen LogP contribution in [-0.4, -0.2) is 9.55 Å². The minimum Gasteiger partial charge on any atom is -0.472 e. The summed E-state index contributed by atoms with van der Waals surface area (Å²) in [6.45, 7) is 0.549.